The predicted molar refractivity (Wildman–Crippen MR) is 111 cm³/mol. The second kappa shape index (κ2) is 8.09. The Morgan fingerprint density at radius 1 is 1.24 bits per heavy atom. The molecule has 0 aromatic heterocycles. The number of rotatable bonds is 6. The predicted octanol–water partition coefficient (Wildman–Crippen LogP) is 3.12. The van der Waals surface area contributed by atoms with Crippen molar-refractivity contribution in [1.82, 2.24) is 5.32 Å². The van der Waals surface area contributed by atoms with Gasteiger partial charge in [-0.25, -0.2) is 0 Å². The lowest BCUT2D eigenvalue weighted by Gasteiger charge is -2.14. The monoisotopic (exact) mass is 392 g/mol. The molecule has 0 radical (unpaired) electrons. The number of anilines is 1. The lowest BCUT2D eigenvalue weighted by atomic mass is 9.98. The Morgan fingerprint density at radius 3 is 2.86 bits per heavy atom. The minimum Gasteiger partial charge on any atom is -0.487 e. The van der Waals surface area contributed by atoms with Crippen molar-refractivity contribution in [2.24, 2.45) is 0 Å². The van der Waals surface area contributed by atoms with Crippen LogP contribution in [0.15, 0.2) is 42.5 Å². The maximum Gasteiger partial charge on any atom is 0.322 e. The van der Waals surface area contributed by atoms with Gasteiger partial charge in [0.25, 0.3) is 5.91 Å². The Hall–Kier alpha value is -3.12. The van der Waals surface area contributed by atoms with Crippen molar-refractivity contribution in [2.75, 3.05) is 19.0 Å². The second-order valence-corrected chi connectivity index (χ2v) is 7.17. The minimum atomic E-state index is -0.282. The van der Waals surface area contributed by atoms with Crippen molar-refractivity contribution in [3.05, 3.63) is 64.7 Å². The van der Waals surface area contributed by atoms with Gasteiger partial charge in [0.2, 0.25) is 0 Å². The largest absolute Gasteiger partial charge is 0.487 e. The molecular weight excluding hydrogens is 368 g/mol. The number of methoxy groups -OCH3 is 1. The van der Waals surface area contributed by atoms with Crippen molar-refractivity contribution in [3.63, 3.8) is 0 Å². The number of carbonyl (C=O) groups excluding carboxylic acids is 2. The van der Waals surface area contributed by atoms with Crippen LogP contribution in [0, 0.1) is 0 Å². The highest BCUT2D eigenvalue weighted by Crippen LogP contribution is 2.41. The van der Waals surface area contributed by atoms with Crippen LogP contribution in [0.1, 0.15) is 35.6 Å². The van der Waals surface area contributed by atoms with Gasteiger partial charge < -0.3 is 20.1 Å². The van der Waals surface area contributed by atoms with Crippen molar-refractivity contribution in [2.45, 2.75) is 32.4 Å². The first-order chi connectivity index (χ1) is 14.1. The van der Waals surface area contributed by atoms with Crippen molar-refractivity contribution in [3.8, 4) is 0 Å². The number of amides is 1. The lowest BCUT2D eigenvalue weighted by Crippen LogP contribution is -2.38. The highest BCUT2D eigenvalue weighted by atomic mass is 16.5. The van der Waals surface area contributed by atoms with Crippen LogP contribution in [-0.4, -0.2) is 31.6 Å². The summed E-state index contributed by atoms with van der Waals surface area (Å²) in [5.41, 5.74) is 5.48. The van der Waals surface area contributed by atoms with Gasteiger partial charge in [0.1, 0.15) is 18.4 Å². The highest BCUT2D eigenvalue weighted by molar-refractivity contribution is 6.36. The number of hydrogen-bond donors (Lipinski definition) is 2. The van der Waals surface area contributed by atoms with Crippen LogP contribution < -0.4 is 10.6 Å². The molecule has 0 unspecified atom stereocenters. The fraction of sp³-hybridized carbons (Fsp3) is 0.304. The number of hydrogen-bond acceptors (Lipinski definition) is 5. The number of nitrogens with one attached hydrogen (secondary N) is 2. The fourth-order valence-corrected chi connectivity index (χ4v) is 3.85. The van der Waals surface area contributed by atoms with Crippen molar-refractivity contribution in [1.29, 1.82) is 0 Å². The molecule has 2 aliphatic rings. The molecule has 2 aromatic carbocycles. The van der Waals surface area contributed by atoms with Crippen LogP contribution >= 0.6 is 0 Å². The van der Waals surface area contributed by atoms with E-state index in [0.717, 1.165) is 34.4 Å². The molecule has 6 heteroatoms. The zero-order valence-corrected chi connectivity index (χ0v) is 16.6. The number of carbonyl (C=O) groups is 2. The van der Waals surface area contributed by atoms with Gasteiger partial charge in [0.05, 0.1) is 12.7 Å². The summed E-state index contributed by atoms with van der Waals surface area (Å²) in [4.78, 5) is 24.2. The summed E-state index contributed by atoms with van der Waals surface area (Å²) < 4.78 is 10.7. The molecule has 2 aliphatic heterocycles. The molecule has 0 aliphatic carbocycles. The van der Waals surface area contributed by atoms with E-state index in [9.17, 15) is 9.59 Å². The van der Waals surface area contributed by atoms with E-state index in [2.05, 4.69) is 16.7 Å². The Labute approximate surface area is 169 Å². The summed E-state index contributed by atoms with van der Waals surface area (Å²) in [5, 5.41) is 6.14. The Morgan fingerprint density at radius 2 is 2.07 bits per heavy atom. The minimum absolute atomic E-state index is 0.129. The lowest BCUT2D eigenvalue weighted by molar-refractivity contribution is -0.143. The van der Waals surface area contributed by atoms with E-state index >= 15 is 0 Å². The summed E-state index contributed by atoms with van der Waals surface area (Å²) in [6.45, 7) is 3.08. The topological polar surface area (TPSA) is 76.7 Å². The van der Waals surface area contributed by atoms with E-state index < -0.39 is 0 Å². The third-order valence-electron chi connectivity index (χ3n) is 5.38. The molecule has 4 rings (SSSR count). The molecule has 2 N–H and O–H groups in total. The molecule has 2 heterocycles. The van der Waals surface area contributed by atoms with E-state index in [-0.39, 0.29) is 17.9 Å². The van der Waals surface area contributed by atoms with E-state index in [1.165, 1.54) is 7.11 Å². The van der Waals surface area contributed by atoms with Gasteiger partial charge in [-0.1, -0.05) is 43.3 Å². The van der Waals surface area contributed by atoms with Crippen molar-refractivity contribution < 1.29 is 19.1 Å². The SMILES string of the molecule is CC[C@H](NCCc1ccc2c(c1)CO/C2=C1/C(=O)Nc2ccccc21)C(=O)OC. The van der Waals surface area contributed by atoms with Crippen LogP contribution in [0.25, 0.3) is 11.3 Å². The summed E-state index contributed by atoms with van der Waals surface area (Å²) in [5.74, 6) is 0.279. The van der Waals surface area contributed by atoms with Crippen LogP contribution in [0.3, 0.4) is 0 Å². The zero-order chi connectivity index (χ0) is 20.4. The molecule has 0 fully saturated rings. The molecule has 6 nitrogen and oxygen atoms in total. The Kier molecular flexibility index (Phi) is 5.36. The molecule has 0 saturated heterocycles. The molecule has 29 heavy (non-hydrogen) atoms. The third kappa shape index (κ3) is 3.63. The summed E-state index contributed by atoms with van der Waals surface area (Å²) in [6, 6.07) is 13.5. The maximum atomic E-state index is 12.5. The molecule has 1 amide bonds. The first-order valence-corrected chi connectivity index (χ1v) is 9.83. The normalized spacial score (nSPS) is 17.9. The van der Waals surface area contributed by atoms with E-state index in [0.29, 0.717) is 30.9 Å². The third-order valence-corrected chi connectivity index (χ3v) is 5.38. The van der Waals surface area contributed by atoms with Crippen LogP contribution in [-0.2, 0) is 32.1 Å². The van der Waals surface area contributed by atoms with Gasteiger partial charge in [0.15, 0.2) is 0 Å². The first-order valence-electron chi connectivity index (χ1n) is 9.83. The van der Waals surface area contributed by atoms with Gasteiger partial charge in [-0.3, -0.25) is 9.59 Å². The Bertz CT molecular complexity index is 996. The number of benzene rings is 2. The molecule has 0 spiro atoms. The summed E-state index contributed by atoms with van der Waals surface area (Å²) in [7, 11) is 1.41. The molecule has 2 aromatic rings. The standard InChI is InChI=1S/C23H24N2O4/c1-3-18(23(27)28-2)24-11-10-14-8-9-16-15(12-14)13-29-21(16)20-17-6-4-5-7-19(17)25-22(20)26/h4-9,12,18,24H,3,10-11,13H2,1-2H3,(H,25,26)/b21-20+/t18-/m0/s1. The molecule has 0 saturated carbocycles. The number of ether oxygens (including phenoxy) is 2. The second-order valence-electron chi connectivity index (χ2n) is 7.17. The quantitative estimate of drug-likeness (QED) is 0.584. The van der Waals surface area contributed by atoms with Gasteiger partial charge in [-0.2, -0.15) is 0 Å². The summed E-state index contributed by atoms with van der Waals surface area (Å²) in [6.07, 6.45) is 1.47. The van der Waals surface area contributed by atoms with Crippen LogP contribution in [0.2, 0.25) is 0 Å². The number of para-hydroxylation sites is 1. The number of fused-ring (bicyclic) bond motifs is 2. The van der Waals surface area contributed by atoms with E-state index in [4.69, 9.17) is 9.47 Å². The zero-order valence-electron chi connectivity index (χ0n) is 16.6. The van der Waals surface area contributed by atoms with Crippen molar-refractivity contribution >= 4 is 28.9 Å². The van der Waals surface area contributed by atoms with Gasteiger partial charge >= 0.3 is 5.97 Å². The number of esters is 1. The fourth-order valence-electron chi connectivity index (χ4n) is 3.85. The molecular formula is C23H24N2O4. The van der Waals surface area contributed by atoms with E-state index in [1.54, 1.807) is 0 Å². The Balaban J connectivity index is 1.52. The first kappa shape index (κ1) is 19.2. The summed E-state index contributed by atoms with van der Waals surface area (Å²) >= 11 is 0. The van der Waals surface area contributed by atoms with Gasteiger partial charge in [0, 0.05) is 22.4 Å². The smallest absolute Gasteiger partial charge is 0.322 e. The maximum absolute atomic E-state index is 12.5. The molecule has 1 atom stereocenters. The average Bonchev–Trinajstić information content (AvgIpc) is 3.29. The van der Waals surface area contributed by atoms with Gasteiger partial charge in [-0.05, 0) is 31.0 Å². The molecule has 0 bridgehead atoms. The van der Waals surface area contributed by atoms with E-state index in [1.807, 2.05) is 43.3 Å². The van der Waals surface area contributed by atoms with Crippen LogP contribution in [0.4, 0.5) is 5.69 Å². The van der Waals surface area contributed by atoms with Crippen LogP contribution in [0.5, 0.6) is 0 Å². The average molecular weight is 392 g/mol. The highest BCUT2D eigenvalue weighted by Gasteiger charge is 2.32. The molecule has 150 valence electrons. The van der Waals surface area contributed by atoms with Gasteiger partial charge in [-0.15, -0.1) is 0 Å².